The Hall–Kier alpha value is -2.44. The predicted octanol–water partition coefficient (Wildman–Crippen LogP) is 2.62. The maximum atomic E-state index is 12.8. The minimum Gasteiger partial charge on any atom is -0.390 e. The molecule has 1 saturated carbocycles. The van der Waals surface area contributed by atoms with E-state index in [-0.39, 0.29) is 6.03 Å². The molecule has 2 aliphatic heterocycles. The van der Waals surface area contributed by atoms with Crippen molar-refractivity contribution in [1.82, 2.24) is 19.7 Å². The molecule has 1 aromatic carbocycles. The summed E-state index contributed by atoms with van der Waals surface area (Å²) in [5.41, 5.74) is 5.01. The molecular formula is C24H30N4O2. The number of β-amino-alcohol motifs (C(OH)–C–C–N with tert-alkyl or cyclic N) is 1. The van der Waals surface area contributed by atoms with Crippen LogP contribution in [0.2, 0.25) is 0 Å². The molecule has 1 aromatic heterocycles. The van der Waals surface area contributed by atoms with Crippen LogP contribution in [-0.2, 0) is 19.5 Å². The molecule has 1 atom stereocenters. The van der Waals surface area contributed by atoms with E-state index >= 15 is 0 Å². The topological polar surface area (TPSA) is 59.9 Å². The number of aliphatic hydroxyl groups excluding tert-OH is 1. The van der Waals surface area contributed by atoms with Crippen molar-refractivity contribution in [3.8, 4) is 0 Å². The number of fused-ring (bicyclic) bond motifs is 1. The molecule has 1 saturated heterocycles. The van der Waals surface area contributed by atoms with Crippen molar-refractivity contribution in [2.45, 2.75) is 44.4 Å². The molecule has 2 amide bonds. The summed E-state index contributed by atoms with van der Waals surface area (Å²) in [5, 5.41) is 10.6. The Balaban J connectivity index is 1.11. The van der Waals surface area contributed by atoms with Crippen molar-refractivity contribution in [2.75, 3.05) is 32.7 Å². The van der Waals surface area contributed by atoms with Crippen LogP contribution in [-0.4, -0.2) is 69.6 Å². The molecule has 3 aliphatic rings. The fourth-order valence-corrected chi connectivity index (χ4v) is 4.64. The van der Waals surface area contributed by atoms with Gasteiger partial charge < -0.3 is 14.9 Å². The van der Waals surface area contributed by atoms with Crippen molar-refractivity contribution in [3.63, 3.8) is 0 Å². The number of aromatic nitrogens is 1. The van der Waals surface area contributed by atoms with Gasteiger partial charge in [0.15, 0.2) is 0 Å². The van der Waals surface area contributed by atoms with Crippen LogP contribution in [0, 0.1) is 0 Å². The average molecular weight is 407 g/mol. The van der Waals surface area contributed by atoms with E-state index in [9.17, 15) is 9.90 Å². The predicted molar refractivity (Wildman–Crippen MR) is 115 cm³/mol. The Morgan fingerprint density at radius 2 is 1.80 bits per heavy atom. The Bertz CT molecular complexity index is 896. The molecule has 5 rings (SSSR count). The fourth-order valence-electron chi connectivity index (χ4n) is 4.64. The summed E-state index contributed by atoms with van der Waals surface area (Å²) in [6.07, 6.45) is 4.90. The molecule has 0 radical (unpaired) electrons. The van der Waals surface area contributed by atoms with Gasteiger partial charge in [-0.3, -0.25) is 9.88 Å². The molecule has 3 heterocycles. The van der Waals surface area contributed by atoms with E-state index in [1.165, 1.54) is 29.7 Å². The number of aliphatic hydroxyl groups is 1. The van der Waals surface area contributed by atoms with Crippen LogP contribution in [0.3, 0.4) is 0 Å². The average Bonchev–Trinajstić information content (AvgIpc) is 3.56. The molecule has 1 unspecified atom stereocenters. The highest BCUT2D eigenvalue weighted by Crippen LogP contribution is 2.38. The van der Waals surface area contributed by atoms with Crippen molar-refractivity contribution in [3.05, 3.63) is 65.0 Å². The lowest BCUT2D eigenvalue weighted by atomic mass is 10.00. The summed E-state index contributed by atoms with van der Waals surface area (Å²) in [6.45, 7) is 4.79. The first-order valence-corrected chi connectivity index (χ1v) is 11.1. The van der Waals surface area contributed by atoms with Gasteiger partial charge in [-0.05, 0) is 42.0 Å². The zero-order chi connectivity index (χ0) is 20.5. The number of benzene rings is 1. The van der Waals surface area contributed by atoms with Gasteiger partial charge in [0.05, 0.1) is 6.10 Å². The Morgan fingerprint density at radius 1 is 1.00 bits per heavy atom. The number of urea groups is 1. The number of pyridine rings is 1. The Morgan fingerprint density at radius 3 is 2.57 bits per heavy atom. The lowest BCUT2D eigenvalue weighted by Gasteiger charge is -2.31. The first kappa shape index (κ1) is 19.5. The number of rotatable bonds is 7. The van der Waals surface area contributed by atoms with Gasteiger partial charge in [-0.15, -0.1) is 0 Å². The SMILES string of the molecule is O=C1N(Cc2ccc(C3CC3)nc2)CCN1CC(O)CN1CCc2ccccc2C1. The summed E-state index contributed by atoms with van der Waals surface area (Å²) in [4.78, 5) is 23.3. The van der Waals surface area contributed by atoms with Gasteiger partial charge in [-0.1, -0.05) is 30.3 Å². The van der Waals surface area contributed by atoms with E-state index in [0.29, 0.717) is 38.6 Å². The molecular weight excluding hydrogens is 376 g/mol. The normalized spacial score (nSPS) is 20.5. The van der Waals surface area contributed by atoms with Crippen LogP contribution in [0.1, 0.15) is 41.1 Å². The third kappa shape index (κ3) is 4.35. The summed E-state index contributed by atoms with van der Waals surface area (Å²) < 4.78 is 0. The van der Waals surface area contributed by atoms with E-state index in [2.05, 4.69) is 46.3 Å². The quantitative estimate of drug-likeness (QED) is 0.768. The van der Waals surface area contributed by atoms with Crippen LogP contribution < -0.4 is 0 Å². The summed E-state index contributed by atoms with van der Waals surface area (Å²) in [7, 11) is 0. The van der Waals surface area contributed by atoms with Crippen LogP contribution in [0.5, 0.6) is 0 Å². The second-order valence-corrected chi connectivity index (χ2v) is 8.92. The number of carbonyl (C=O) groups is 1. The smallest absolute Gasteiger partial charge is 0.320 e. The van der Waals surface area contributed by atoms with Crippen LogP contribution in [0.25, 0.3) is 0 Å². The number of hydrogen-bond acceptors (Lipinski definition) is 4. The zero-order valence-corrected chi connectivity index (χ0v) is 17.4. The number of hydrogen-bond donors (Lipinski definition) is 1. The highest BCUT2D eigenvalue weighted by molar-refractivity contribution is 5.76. The Labute approximate surface area is 178 Å². The zero-order valence-electron chi connectivity index (χ0n) is 17.4. The van der Waals surface area contributed by atoms with Gasteiger partial charge in [-0.2, -0.15) is 0 Å². The second kappa shape index (κ2) is 8.36. The summed E-state index contributed by atoms with van der Waals surface area (Å²) in [5.74, 6) is 0.651. The summed E-state index contributed by atoms with van der Waals surface area (Å²) in [6, 6.07) is 12.7. The fraction of sp³-hybridized carbons (Fsp3) is 0.500. The molecule has 2 aromatic rings. The minimum atomic E-state index is -0.529. The maximum Gasteiger partial charge on any atom is 0.320 e. The summed E-state index contributed by atoms with van der Waals surface area (Å²) >= 11 is 0. The first-order valence-electron chi connectivity index (χ1n) is 11.1. The van der Waals surface area contributed by atoms with Crippen molar-refractivity contribution >= 4 is 6.03 Å². The van der Waals surface area contributed by atoms with E-state index < -0.39 is 6.10 Å². The third-order valence-electron chi connectivity index (χ3n) is 6.51. The highest BCUT2D eigenvalue weighted by atomic mass is 16.3. The standard InChI is InChI=1S/C24H30N4O2/c29-22(16-26-10-9-19-3-1-2-4-21(19)15-26)17-28-12-11-27(24(28)30)14-18-5-8-23(25-13-18)20-6-7-20/h1-5,8,13,20,22,29H,6-7,9-12,14-17H2. The maximum absolute atomic E-state index is 12.8. The van der Waals surface area contributed by atoms with Crippen molar-refractivity contribution in [2.24, 2.45) is 0 Å². The molecule has 1 N–H and O–H groups in total. The molecule has 2 fully saturated rings. The van der Waals surface area contributed by atoms with Gasteiger partial charge >= 0.3 is 6.03 Å². The monoisotopic (exact) mass is 406 g/mol. The van der Waals surface area contributed by atoms with Crippen molar-refractivity contribution < 1.29 is 9.90 Å². The molecule has 0 spiro atoms. The largest absolute Gasteiger partial charge is 0.390 e. The first-order chi connectivity index (χ1) is 14.7. The lowest BCUT2D eigenvalue weighted by molar-refractivity contribution is 0.0812. The lowest BCUT2D eigenvalue weighted by Crippen LogP contribution is -2.43. The number of carbonyl (C=O) groups excluding carboxylic acids is 1. The minimum absolute atomic E-state index is 0.0179. The van der Waals surface area contributed by atoms with Gasteiger partial charge in [-0.25, -0.2) is 4.79 Å². The van der Waals surface area contributed by atoms with Crippen LogP contribution in [0.4, 0.5) is 4.79 Å². The molecule has 0 bridgehead atoms. The van der Waals surface area contributed by atoms with E-state index in [4.69, 9.17) is 0 Å². The number of amides is 2. The van der Waals surface area contributed by atoms with Crippen LogP contribution >= 0.6 is 0 Å². The van der Waals surface area contributed by atoms with E-state index in [0.717, 1.165) is 25.1 Å². The molecule has 6 nitrogen and oxygen atoms in total. The molecule has 1 aliphatic carbocycles. The second-order valence-electron chi connectivity index (χ2n) is 8.92. The molecule has 158 valence electrons. The van der Waals surface area contributed by atoms with E-state index in [1.54, 1.807) is 4.90 Å². The third-order valence-corrected chi connectivity index (χ3v) is 6.51. The Kier molecular flexibility index (Phi) is 5.44. The number of nitrogens with zero attached hydrogens (tertiary/aromatic N) is 4. The van der Waals surface area contributed by atoms with Gasteiger partial charge in [0.1, 0.15) is 0 Å². The van der Waals surface area contributed by atoms with Crippen molar-refractivity contribution in [1.29, 1.82) is 0 Å². The molecule has 6 heteroatoms. The van der Waals surface area contributed by atoms with Gasteiger partial charge in [0.25, 0.3) is 0 Å². The van der Waals surface area contributed by atoms with Crippen LogP contribution in [0.15, 0.2) is 42.6 Å². The van der Waals surface area contributed by atoms with Gasteiger partial charge in [0.2, 0.25) is 0 Å². The van der Waals surface area contributed by atoms with E-state index in [1.807, 2.05) is 11.1 Å². The molecule has 30 heavy (non-hydrogen) atoms. The van der Waals surface area contributed by atoms with Gasteiger partial charge in [0, 0.05) is 63.6 Å². The highest BCUT2D eigenvalue weighted by Gasteiger charge is 2.31.